The Bertz CT molecular complexity index is 700. The Morgan fingerprint density at radius 1 is 1.08 bits per heavy atom. The van der Waals surface area contributed by atoms with Gasteiger partial charge in [0, 0.05) is 18.4 Å². The molecule has 4 heteroatoms. The number of nitrogens with one attached hydrogen (secondary N) is 2. The largest absolute Gasteiger partial charge is 0.354 e. The topological polar surface area (TPSA) is 54.0 Å². The third-order valence-corrected chi connectivity index (χ3v) is 3.95. The van der Waals surface area contributed by atoms with Gasteiger partial charge >= 0.3 is 0 Å². The third-order valence-electron chi connectivity index (χ3n) is 3.95. The summed E-state index contributed by atoms with van der Waals surface area (Å²) >= 11 is 0. The van der Waals surface area contributed by atoms with E-state index in [-0.39, 0.29) is 5.91 Å². The van der Waals surface area contributed by atoms with Crippen LogP contribution in [0.25, 0.3) is 0 Å². The zero-order valence-corrected chi connectivity index (χ0v) is 15.2. The van der Waals surface area contributed by atoms with Gasteiger partial charge in [-0.25, -0.2) is 0 Å². The average molecular weight is 325 g/mol. The Kier molecular flexibility index (Phi) is 5.96. The molecule has 1 aromatic carbocycles. The summed E-state index contributed by atoms with van der Waals surface area (Å²) in [6.45, 7) is 11.2. The summed E-state index contributed by atoms with van der Waals surface area (Å²) in [6.07, 6.45) is 4.31. The summed E-state index contributed by atoms with van der Waals surface area (Å²) in [7, 11) is 0. The zero-order chi connectivity index (χ0) is 17.7. The van der Waals surface area contributed by atoms with Gasteiger partial charge in [0.25, 0.3) is 5.91 Å². The van der Waals surface area contributed by atoms with Crippen LogP contribution in [0.4, 0.5) is 11.4 Å². The minimum atomic E-state index is -0.0795. The van der Waals surface area contributed by atoms with Crippen LogP contribution in [0.15, 0.2) is 30.6 Å². The molecule has 0 aliphatic carbocycles. The van der Waals surface area contributed by atoms with E-state index in [1.54, 1.807) is 12.4 Å². The Balaban J connectivity index is 2.12. The predicted molar refractivity (Wildman–Crippen MR) is 100.0 cm³/mol. The van der Waals surface area contributed by atoms with Crippen molar-refractivity contribution in [2.75, 3.05) is 11.9 Å². The molecule has 1 heterocycles. The summed E-state index contributed by atoms with van der Waals surface area (Å²) in [5.41, 5.74) is 6.07. The van der Waals surface area contributed by atoms with E-state index in [1.165, 1.54) is 16.7 Å². The van der Waals surface area contributed by atoms with Gasteiger partial charge in [0.1, 0.15) is 0 Å². The molecule has 1 aromatic heterocycles. The molecule has 0 radical (unpaired) electrons. The molecule has 0 aliphatic rings. The van der Waals surface area contributed by atoms with Gasteiger partial charge in [0.2, 0.25) is 0 Å². The summed E-state index contributed by atoms with van der Waals surface area (Å²) in [4.78, 5) is 16.4. The summed E-state index contributed by atoms with van der Waals surface area (Å²) in [6, 6.07) is 6.13. The second-order valence-corrected chi connectivity index (χ2v) is 6.80. The molecule has 2 N–H and O–H groups in total. The molecule has 0 aliphatic heterocycles. The highest BCUT2D eigenvalue weighted by atomic mass is 16.1. The Labute approximate surface area is 144 Å². The molecule has 0 saturated heterocycles. The molecule has 1 amide bonds. The molecule has 2 aromatic rings. The van der Waals surface area contributed by atoms with E-state index in [0.29, 0.717) is 18.0 Å². The summed E-state index contributed by atoms with van der Waals surface area (Å²) in [5, 5.41) is 6.34. The summed E-state index contributed by atoms with van der Waals surface area (Å²) < 4.78 is 0. The van der Waals surface area contributed by atoms with Gasteiger partial charge in [0.05, 0.1) is 17.4 Å². The van der Waals surface area contributed by atoms with Gasteiger partial charge in [-0.2, -0.15) is 0 Å². The van der Waals surface area contributed by atoms with Crippen molar-refractivity contribution in [3.63, 3.8) is 0 Å². The van der Waals surface area contributed by atoms with Crippen LogP contribution in [0.3, 0.4) is 0 Å². The smallest absolute Gasteiger partial charge is 0.252 e. The van der Waals surface area contributed by atoms with Gasteiger partial charge in [-0.15, -0.1) is 0 Å². The van der Waals surface area contributed by atoms with E-state index in [0.717, 1.165) is 17.8 Å². The van der Waals surface area contributed by atoms with Crippen LogP contribution in [-0.4, -0.2) is 17.4 Å². The van der Waals surface area contributed by atoms with Crippen molar-refractivity contribution in [2.24, 2.45) is 5.92 Å². The SMILES string of the molecule is Cc1cc(C)c(Nc2cncc(C(=O)NCCC(C)C)c2)c(C)c1. The Morgan fingerprint density at radius 2 is 1.75 bits per heavy atom. The molecule has 24 heavy (non-hydrogen) atoms. The van der Waals surface area contributed by atoms with Crippen LogP contribution in [-0.2, 0) is 0 Å². The second kappa shape index (κ2) is 7.95. The first kappa shape index (κ1) is 18.0. The van der Waals surface area contributed by atoms with Crippen LogP contribution in [0.1, 0.15) is 47.3 Å². The molecule has 0 fully saturated rings. The van der Waals surface area contributed by atoms with Gasteiger partial charge in [-0.3, -0.25) is 9.78 Å². The maximum atomic E-state index is 12.2. The first-order valence-corrected chi connectivity index (χ1v) is 8.45. The zero-order valence-electron chi connectivity index (χ0n) is 15.2. The molecule has 0 unspecified atom stereocenters. The van der Waals surface area contributed by atoms with Gasteiger partial charge < -0.3 is 10.6 Å². The molecule has 0 spiro atoms. The van der Waals surface area contributed by atoms with Crippen molar-refractivity contribution in [1.29, 1.82) is 0 Å². The monoisotopic (exact) mass is 325 g/mol. The Hall–Kier alpha value is -2.36. The molecule has 0 atom stereocenters. The molecule has 2 rings (SSSR count). The van der Waals surface area contributed by atoms with E-state index in [2.05, 4.69) is 62.4 Å². The lowest BCUT2D eigenvalue weighted by Crippen LogP contribution is -2.25. The molecule has 0 bridgehead atoms. The minimum Gasteiger partial charge on any atom is -0.354 e. The van der Waals surface area contributed by atoms with Crippen LogP contribution in [0, 0.1) is 26.7 Å². The highest BCUT2D eigenvalue weighted by Gasteiger charge is 2.09. The van der Waals surface area contributed by atoms with E-state index < -0.39 is 0 Å². The number of aryl methyl sites for hydroxylation is 3. The van der Waals surface area contributed by atoms with Crippen molar-refractivity contribution in [1.82, 2.24) is 10.3 Å². The van der Waals surface area contributed by atoms with Gasteiger partial charge in [0.15, 0.2) is 0 Å². The lowest BCUT2D eigenvalue weighted by Gasteiger charge is -2.14. The highest BCUT2D eigenvalue weighted by molar-refractivity contribution is 5.94. The number of rotatable bonds is 6. The van der Waals surface area contributed by atoms with E-state index >= 15 is 0 Å². The van der Waals surface area contributed by atoms with Crippen molar-refractivity contribution < 1.29 is 4.79 Å². The number of anilines is 2. The fourth-order valence-electron chi connectivity index (χ4n) is 2.73. The lowest BCUT2D eigenvalue weighted by atomic mass is 10.0. The Morgan fingerprint density at radius 3 is 2.38 bits per heavy atom. The maximum Gasteiger partial charge on any atom is 0.252 e. The van der Waals surface area contributed by atoms with Crippen LogP contribution >= 0.6 is 0 Å². The number of benzene rings is 1. The maximum absolute atomic E-state index is 12.2. The first-order chi connectivity index (χ1) is 11.4. The first-order valence-electron chi connectivity index (χ1n) is 8.45. The van der Waals surface area contributed by atoms with Crippen molar-refractivity contribution in [2.45, 2.75) is 41.0 Å². The number of pyridine rings is 1. The number of amides is 1. The van der Waals surface area contributed by atoms with Crippen molar-refractivity contribution in [3.05, 3.63) is 52.8 Å². The fraction of sp³-hybridized carbons (Fsp3) is 0.400. The fourth-order valence-corrected chi connectivity index (χ4v) is 2.73. The molecule has 4 nitrogen and oxygen atoms in total. The number of hydrogen-bond donors (Lipinski definition) is 2. The number of nitrogens with zero attached hydrogens (tertiary/aromatic N) is 1. The minimum absolute atomic E-state index is 0.0795. The number of hydrogen-bond acceptors (Lipinski definition) is 3. The van der Waals surface area contributed by atoms with Gasteiger partial charge in [-0.1, -0.05) is 31.5 Å². The van der Waals surface area contributed by atoms with Crippen molar-refractivity contribution >= 4 is 17.3 Å². The lowest BCUT2D eigenvalue weighted by molar-refractivity contribution is 0.0951. The van der Waals surface area contributed by atoms with Crippen LogP contribution in [0.5, 0.6) is 0 Å². The predicted octanol–water partition coefficient (Wildman–Crippen LogP) is 4.53. The molecular weight excluding hydrogens is 298 g/mol. The van der Waals surface area contributed by atoms with E-state index in [4.69, 9.17) is 0 Å². The normalized spacial score (nSPS) is 10.8. The highest BCUT2D eigenvalue weighted by Crippen LogP contribution is 2.25. The quantitative estimate of drug-likeness (QED) is 0.820. The summed E-state index contributed by atoms with van der Waals surface area (Å²) in [5.74, 6) is 0.494. The second-order valence-electron chi connectivity index (χ2n) is 6.80. The number of carbonyl (C=O) groups is 1. The third kappa shape index (κ3) is 4.82. The molecule has 0 saturated carbocycles. The standard InChI is InChI=1S/C20H27N3O/c1-13(2)6-7-22-20(24)17-10-18(12-21-11-17)23-19-15(4)8-14(3)9-16(19)5/h8-13,23H,6-7H2,1-5H3,(H,22,24). The number of aromatic nitrogens is 1. The van der Waals surface area contributed by atoms with E-state index in [9.17, 15) is 4.79 Å². The van der Waals surface area contributed by atoms with E-state index in [1.807, 2.05) is 6.07 Å². The van der Waals surface area contributed by atoms with Crippen LogP contribution < -0.4 is 10.6 Å². The number of carbonyl (C=O) groups excluding carboxylic acids is 1. The van der Waals surface area contributed by atoms with Gasteiger partial charge in [-0.05, 0) is 50.3 Å². The average Bonchev–Trinajstić information content (AvgIpc) is 2.50. The van der Waals surface area contributed by atoms with Crippen molar-refractivity contribution in [3.8, 4) is 0 Å². The molecular formula is C20H27N3O. The molecule has 128 valence electrons. The van der Waals surface area contributed by atoms with Crippen LogP contribution in [0.2, 0.25) is 0 Å².